The molecule has 15 heavy (non-hydrogen) atoms. The Hall–Kier alpha value is -1.52. The van der Waals surface area contributed by atoms with Crippen molar-refractivity contribution in [2.45, 2.75) is 33.2 Å². The summed E-state index contributed by atoms with van der Waals surface area (Å²) in [6.07, 6.45) is 5.83. The predicted molar refractivity (Wildman–Crippen MR) is 58.8 cm³/mol. The normalized spacial score (nSPS) is 14.1. The first-order valence-corrected chi connectivity index (χ1v) is 5.18. The van der Waals surface area contributed by atoms with E-state index in [1.807, 2.05) is 10.8 Å². The maximum absolute atomic E-state index is 8.58. The Morgan fingerprint density at radius 1 is 1.73 bits per heavy atom. The van der Waals surface area contributed by atoms with Crippen molar-refractivity contribution < 1.29 is 5.21 Å². The molecule has 1 rings (SSSR count). The Labute approximate surface area is 89.6 Å². The van der Waals surface area contributed by atoms with Crippen molar-refractivity contribution in [3.8, 4) is 0 Å². The SMILES string of the molecule is CCCC(C)Cn1ccnc1C(N)=NO. The Bertz CT molecular complexity index is 332. The molecule has 0 aliphatic heterocycles. The van der Waals surface area contributed by atoms with Crippen molar-refractivity contribution in [3.05, 3.63) is 18.2 Å². The number of imidazole rings is 1. The molecule has 0 amide bonds. The van der Waals surface area contributed by atoms with Crippen molar-refractivity contribution in [2.24, 2.45) is 16.8 Å². The average Bonchev–Trinajstić information content (AvgIpc) is 2.65. The van der Waals surface area contributed by atoms with Crippen LogP contribution in [-0.2, 0) is 6.54 Å². The van der Waals surface area contributed by atoms with Gasteiger partial charge in [0.05, 0.1) is 0 Å². The van der Waals surface area contributed by atoms with Crippen LogP contribution in [0.1, 0.15) is 32.5 Å². The van der Waals surface area contributed by atoms with Gasteiger partial charge in [-0.15, -0.1) is 0 Å². The third-order valence-corrected chi connectivity index (χ3v) is 2.34. The molecule has 5 nitrogen and oxygen atoms in total. The smallest absolute Gasteiger partial charge is 0.206 e. The van der Waals surface area contributed by atoms with Crippen LogP contribution in [0, 0.1) is 5.92 Å². The van der Waals surface area contributed by atoms with Crippen molar-refractivity contribution in [1.82, 2.24) is 9.55 Å². The molecule has 0 bridgehead atoms. The summed E-state index contributed by atoms with van der Waals surface area (Å²) in [7, 11) is 0. The molecule has 1 aromatic rings. The van der Waals surface area contributed by atoms with E-state index in [1.54, 1.807) is 6.20 Å². The average molecular weight is 210 g/mol. The van der Waals surface area contributed by atoms with Crippen LogP contribution in [0.25, 0.3) is 0 Å². The van der Waals surface area contributed by atoms with E-state index >= 15 is 0 Å². The molecule has 0 aliphatic rings. The molecule has 0 aliphatic carbocycles. The van der Waals surface area contributed by atoms with Crippen molar-refractivity contribution in [3.63, 3.8) is 0 Å². The second kappa shape index (κ2) is 5.38. The van der Waals surface area contributed by atoms with E-state index in [9.17, 15) is 0 Å². The molecule has 0 saturated heterocycles. The van der Waals surface area contributed by atoms with Gasteiger partial charge in [0, 0.05) is 18.9 Å². The number of aromatic nitrogens is 2. The van der Waals surface area contributed by atoms with Gasteiger partial charge in [0.15, 0.2) is 5.82 Å². The minimum Gasteiger partial charge on any atom is -0.409 e. The van der Waals surface area contributed by atoms with Crippen LogP contribution in [0.15, 0.2) is 17.5 Å². The largest absolute Gasteiger partial charge is 0.409 e. The molecule has 0 aromatic carbocycles. The lowest BCUT2D eigenvalue weighted by Crippen LogP contribution is -2.21. The Morgan fingerprint density at radius 2 is 2.47 bits per heavy atom. The molecule has 0 radical (unpaired) electrons. The molecular formula is C10H18N4O. The van der Waals surface area contributed by atoms with Crippen LogP contribution in [0.3, 0.4) is 0 Å². The van der Waals surface area contributed by atoms with Gasteiger partial charge in [-0.1, -0.05) is 25.4 Å². The number of amidine groups is 1. The second-order valence-corrected chi connectivity index (χ2v) is 3.78. The lowest BCUT2D eigenvalue weighted by atomic mass is 10.1. The maximum atomic E-state index is 8.58. The first-order chi connectivity index (χ1) is 7.19. The van der Waals surface area contributed by atoms with Crippen LogP contribution in [0.2, 0.25) is 0 Å². The van der Waals surface area contributed by atoms with E-state index in [0.717, 1.165) is 19.4 Å². The fourth-order valence-electron chi connectivity index (χ4n) is 1.65. The van der Waals surface area contributed by atoms with Gasteiger partial charge in [-0.25, -0.2) is 4.98 Å². The lowest BCUT2D eigenvalue weighted by Gasteiger charge is -2.12. The summed E-state index contributed by atoms with van der Waals surface area (Å²) in [5.74, 6) is 1.15. The molecule has 1 atom stereocenters. The standard InChI is InChI=1S/C10H18N4O/c1-3-4-8(2)7-14-6-5-12-10(14)9(11)13-15/h5-6,8,15H,3-4,7H2,1-2H3,(H2,11,13). The van der Waals surface area contributed by atoms with Crippen molar-refractivity contribution in [2.75, 3.05) is 0 Å². The van der Waals surface area contributed by atoms with Gasteiger partial charge in [-0.05, 0) is 12.3 Å². The highest BCUT2D eigenvalue weighted by atomic mass is 16.4. The first kappa shape index (κ1) is 11.6. The summed E-state index contributed by atoms with van der Waals surface area (Å²) in [5.41, 5.74) is 5.51. The van der Waals surface area contributed by atoms with Crippen LogP contribution in [0.4, 0.5) is 0 Å². The number of nitrogens with zero attached hydrogens (tertiary/aromatic N) is 3. The molecule has 1 aromatic heterocycles. The Morgan fingerprint density at radius 3 is 3.07 bits per heavy atom. The van der Waals surface area contributed by atoms with Gasteiger partial charge in [0.2, 0.25) is 5.84 Å². The van der Waals surface area contributed by atoms with Crippen LogP contribution < -0.4 is 5.73 Å². The molecule has 0 fully saturated rings. The summed E-state index contributed by atoms with van der Waals surface area (Å²) >= 11 is 0. The summed E-state index contributed by atoms with van der Waals surface area (Å²) in [5, 5.41) is 11.5. The molecule has 5 heteroatoms. The number of hydrogen-bond donors (Lipinski definition) is 2. The monoisotopic (exact) mass is 210 g/mol. The van der Waals surface area contributed by atoms with E-state index in [1.165, 1.54) is 0 Å². The van der Waals surface area contributed by atoms with Gasteiger partial charge in [-0.3, -0.25) is 0 Å². The molecule has 0 saturated carbocycles. The fourth-order valence-corrected chi connectivity index (χ4v) is 1.65. The highest BCUT2D eigenvalue weighted by Gasteiger charge is 2.10. The molecule has 3 N–H and O–H groups in total. The summed E-state index contributed by atoms with van der Waals surface area (Å²) < 4.78 is 1.91. The number of hydrogen-bond acceptors (Lipinski definition) is 3. The first-order valence-electron chi connectivity index (χ1n) is 5.18. The highest BCUT2D eigenvalue weighted by Crippen LogP contribution is 2.09. The van der Waals surface area contributed by atoms with Gasteiger partial charge in [0.25, 0.3) is 0 Å². The zero-order valence-electron chi connectivity index (χ0n) is 9.22. The van der Waals surface area contributed by atoms with E-state index in [2.05, 4.69) is 24.0 Å². The van der Waals surface area contributed by atoms with Gasteiger partial charge < -0.3 is 15.5 Å². The fraction of sp³-hybridized carbons (Fsp3) is 0.600. The molecule has 84 valence electrons. The van der Waals surface area contributed by atoms with Crippen molar-refractivity contribution >= 4 is 5.84 Å². The number of nitrogens with two attached hydrogens (primary N) is 1. The Balaban J connectivity index is 2.73. The maximum Gasteiger partial charge on any atom is 0.206 e. The molecule has 1 heterocycles. The van der Waals surface area contributed by atoms with Crippen LogP contribution in [-0.4, -0.2) is 20.6 Å². The van der Waals surface area contributed by atoms with Crippen molar-refractivity contribution in [1.29, 1.82) is 0 Å². The van der Waals surface area contributed by atoms with Gasteiger partial charge in [0.1, 0.15) is 0 Å². The molecular weight excluding hydrogens is 192 g/mol. The minimum absolute atomic E-state index is 0.0590. The summed E-state index contributed by atoms with van der Waals surface area (Å²) in [4.78, 5) is 4.05. The van der Waals surface area contributed by atoms with Crippen LogP contribution >= 0.6 is 0 Å². The molecule has 0 spiro atoms. The van der Waals surface area contributed by atoms with Crippen LogP contribution in [0.5, 0.6) is 0 Å². The number of oxime groups is 1. The Kier molecular flexibility index (Phi) is 4.15. The van der Waals surface area contributed by atoms with E-state index in [0.29, 0.717) is 11.7 Å². The second-order valence-electron chi connectivity index (χ2n) is 3.78. The quantitative estimate of drug-likeness (QED) is 0.334. The van der Waals surface area contributed by atoms with Gasteiger partial charge in [-0.2, -0.15) is 0 Å². The number of rotatable bonds is 5. The molecule has 1 unspecified atom stereocenters. The zero-order chi connectivity index (χ0) is 11.3. The summed E-state index contributed by atoms with van der Waals surface area (Å²) in [6.45, 7) is 5.19. The third kappa shape index (κ3) is 2.97. The van der Waals surface area contributed by atoms with E-state index in [-0.39, 0.29) is 5.84 Å². The van der Waals surface area contributed by atoms with E-state index < -0.39 is 0 Å². The van der Waals surface area contributed by atoms with Gasteiger partial charge >= 0.3 is 0 Å². The predicted octanol–water partition coefficient (Wildman–Crippen LogP) is 1.41. The topological polar surface area (TPSA) is 76.4 Å². The third-order valence-electron chi connectivity index (χ3n) is 2.34. The zero-order valence-corrected chi connectivity index (χ0v) is 9.22. The minimum atomic E-state index is 0.0590. The summed E-state index contributed by atoms with van der Waals surface area (Å²) in [6, 6.07) is 0. The lowest BCUT2D eigenvalue weighted by molar-refractivity contribution is 0.318. The highest BCUT2D eigenvalue weighted by molar-refractivity contribution is 5.93. The van der Waals surface area contributed by atoms with E-state index in [4.69, 9.17) is 10.9 Å².